The van der Waals surface area contributed by atoms with E-state index in [2.05, 4.69) is 30.0 Å². The van der Waals surface area contributed by atoms with Gasteiger partial charge in [0.2, 0.25) is 0 Å². The molecule has 0 saturated heterocycles. The van der Waals surface area contributed by atoms with E-state index >= 15 is 0 Å². The Morgan fingerprint density at radius 3 is 2.83 bits per heavy atom. The molecule has 0 amide bonds. The smallest absolute Gasteiger partial charge is 0.165 e. The highest BCUT2D eigenvalue weighted by molar-refractivity contribution is 6.20. The summed E-state index contributed by atoms with van der Waals surface area (Å²) in [7, 11) is 0. The number of alkyl halides is 1. The van der Waals surface area contributed by atoms with Crippen LogP contribution < -0.4 is 0 Å². The molecule has 0 spiro atoms. The maximum Gasteiger partial charge on any atom is 0.165 e. The first-order valence-corrected chi connectivity index (χ1v) is 9.07. The molecule has 3 nitrogen and oxygen atoms in total. The van der Waals surface area contributed by atoms with Crippen LogP contribution in [0.15, 0.2) is 30.3 Å². The number of rotatable bonds is 3. The first-order valence-electron chi connectivity index (χ1n) is 8.64. The predicted molar refractivity (Wildman–Crippen MR) is 96.9 cm³/mol. The summed E-state index contributed by atoms with van der Waals surface area (Å²) in [5, 5.41) is 20.5. The van der Waals surface area contributed by atoms with Crippen molar-refractivity contribution in [3.05, 3.63) is 47.0 Å². The second kappa shape index (κ2) is 5.98. The van der Waals surface area contributed by atoms with Crippen molar-refractivity contribution in [1.82, 2.24) is 4.90 Å². The van der Waals surface area contributed by atoms with E-state index in [1.807, 2.05) is 6.07 Å². The molecule has 4 rings (SSSR count). The molecular formula is C20H22ClNO2. The number of fused-ring (bicyclic) bond motifs is 2. The number of nitrogens with zero attached hydrogens (tertiary/aromatic N) is 1. The van der Waals surface area contributed by atoms with E-state index in [9.17, 15) is 10.2 Å². The van der Waals surface area contributed by atoms with Gasteiger partial charge in [-0.15, -0.1) is 11.6 Å². The van der Waals surface area contributed by atoms with E-state index in [-0.39, 0.29) is 16.9 Å². The zero-order valence-corrected chi connectivity index (χ0v) is 14.6. The summed E-state index contributed by atoms with van der Waals surface area (Å²) in [6.45, 7) is 4.03. The Bertz CT molecular complexity index is 789. The normalized spacial score (nSPS) is 20.3. The van der Waals surface area contributed by atoms with E-state index in [0.29, 0.717) is 6.04 Å². The summed E-state index contributed by atoms with van der Waals surface area (Å²) in [5.41, 5.74) is 5.60. The van der Waals surface area contributed by atoms with E-state index in [4.69, 9.17) is 11.6 Å². The lowest BCUT2D eigenvalue weighted by atomic mass is 9.76. The zero-order chi connectivity index (χ0) is 16.8. The maximum atomic E-state index is 10.4. The molecule has 24 heavy (non-hydrogen) atoms. The molecule has 0 bridgehead atoms. The molecular weight excluding hydrogens is 322 g/mol. The number of benzene rings is 2. The van der Waals surface area contributed by atoms with Gasteiger partial charge in [0.25, 0.3) is 0 Å². The Morgan fingerprint density at radius 1 is 1.21 bits per heavy atom. The highest BCUT2D eigenvalue weighted by Crippen LogP contribution is 2.50. The van der Waals surface area contributed by atoms with Gasteiger partial charge in [-0.3, -0.25) is 4.90 Å². The molecule has 2 unspecified atom stereocenters. The summed E-state index contributed by atoms with van der Waals surface area (Å²) >= 11 is 6.44. The highest BCUT2D eigenvalue weighted by atomic mass is 35.5. The summed E-state index contributed by atoms with van der Waals surface area (Å²) in [6, 6.07) is 10.1. The Hall–Kier alpha value is -1.71. The molecule has 1 aliphatic carbocycles. The van der Waals surface area contributed by atoms with Gasteiger partial charge in [0.1, 0.15) is 0 Å². The molecule has 4 heteroatoms. The number of phenols is 2. The van der Waals surface area contributed by atoms with E-state index in [1.165, 1.54) is 11.1 Å². The fraction of sp³-hybridized carbons (Fsp3) is 0.400. The predicted octanol–water partition coefficient (Wildman–Crippen LogP) is 4.24. The number of halogens is 1. The van der Waals surface area contributed by atoms with Crippen LogP contribution in [0.4, 0.5) is 0 Å². The molecule has 0 saturated carbocycles. The monoisotopic (exact) mass is 343 g/mol. The van der Waals surface area contributed by atoms with Crippen molar-refractivity contribution in [3.8, 4) is 22.6 Å². The number of aromatic hydroxyl groups is 2. The lowest BCUT2D eigenvalue weighted by Gasteiger charge is -2.42. The number of hydrogen-bond donors (Lipinski definition) is 2. The van der Waals surface area contributed by atoms with Crippen molar-refractivity contribution in [3.63, 3.8) is 0 Å². The SMILES string of the molecule is CCC(Cl)CN1CCc2cccc3c2C1Cc1ccc(O)c(O)c1-3. The molecule has 1 aliphatic heterocycles. The average molecular weight is 344 g/mol. The van der Waals surface area contributed by atoms with Crippen molar-refractivity contribution >= 4 is 11.6 Å². The lowest BCUT2D eigenvalue weighted by Crippen LogP contribution is -2.41. The third kappa shape index (κ3) is 2.38. The van der Waals surface area contributed by atoms with Gasteiger partial charge < -0.3 is 10.2 Å². The summed E-state index contributed by atoms with van der Waals surface area (Å²) in [4.78, 5) is 2.49. The van der Waals surface area contributed by atoms with Crippen LogP contribution in [0, 0.1) is 0 Å². The molecule has 126 valence electrons. The fourth-order valence-electron chi connectivity index (χ4n) is 4.18. The van der Waals surface area contributed by atoms with Crippen LogP contribution in [-0.2, 0) is 12.8 Å². The minimum atomic E-state index is -0.0516. The first-order chi connectivity index (χ1) is 11.6. The molecule has 0 radical (unpaired) electrons. The van der Waals surface area contributed by atoms with Gasteiger partial charge in [-0.25, -0.2) is 0 Å². The Balaban J connectivity index is 1.85. The maximum absolute atomic E-state index is 10.4. The minimum absolute atomic E-state index is 0.000233. The van der Waals surface area contributed by atoms with Gasteiger partial charge >= 0.3 is 0 Å². The molecule has 2 aromatic rings. The molecule has 2 atom stereocenters. The van der Waals surface area contributed by atoms with Crippen LogP contribution in [0.25, 0.3) is 11.1 Å². The third-order valence-electron chi connectivity index (χ3n) is 5.44. The average Bonchev–Trinajstić information content (AvgIpc) is 2.60. The van der Waals surface area contributed by atoms with Crippen LogP contribution in [0.1, 0.15) is 36.1 Å². The largest absolute Gasteiger partial charge is 0.504 e. The first kappa shape index (κ1) is 15.8. The number of phenolic OH excluding ortho intramolecular Hbond substituents is 2. The molecule has 2 aliphatic rings. The van der Waals surface area contributed by atoms with Crippen molar-refractivity contribution in [1.29, 1.82) is 0 Å². The van der Waals surface area contributed by atoms with E-state index < -0.39 is 0 Å². The van der Waals surface area contributed by atoms with Crippen LogP contribution in [0.5, 0.6) is 11.5 Å². The van der Waals surface area contributed by atoms with Crippen molar-refractivity contribution in [2.75, 3.05) is 13.1 Å². The summed E-state index contributed by atoms with van der Waals surface area (Å²) in [5.74, 6) is -0.0514. The van der Waals surface area contributed by atoms with E-state index in [0.717, 1.165) is 49.0 Å². The highest BCUT2D eigenvalue weighted by Gasteiger charge is 2.36. The van der Waals surface area contributed by atoms with Gasteiger partial charge in [-0.1, -0.05) is 31.2 Å². The van der Waals surface area contributed by atoms with Crippen LogP contribution >= 0.6 is 11.6 Å². The molecule has 1 heterocycles. The lowest BCUT2D eigenvalue weighted by molar-refractivity contribution is 0.181. The van der Waals surface area contributed by atoms with Gasteiger partial charge in [0, 0.05) is 30.1 Å². The topological polar surface area (TPSA) is 43.7 Å². The van der Waals surface area contributed by atoms with Crippen molar-refractivity contribution < 1.29 is 10.2 Å². The Morgan fingerprint density at radius 2 is 2.04 bits per heavy atom. The fourth-order valence-corrected chi connectivity index (χ4v) is 4.36. The van der Waals surface area contributed by atoms with Gasteiger partial charge in [0.05, 0.1) is 0 Å². The summed E-state index contributed by atoms with van der Waals surface area (Å²) in [6.07, 6.45) is 2.81. The third-order valence-corrected chi connectivity index (χ3v) is 5.89. The van der Waals surface area contributed by atoms with Crippen molar-refractivity contribution in [2.45, 2.75) is 37.6 Å². The second-order valence-electron chi connectivity index (χ2n) is 6.82. The Labute approximate surface area is 147 Å². The van der Waals surface area contributed by atoms with Gasteiger partial charge in [0.15, 0.2) is 11.5 Å². The zero-order valence-electron chi connectivity index (χ0n) is 13.8. The standard InChI is InChI=1S/C20H22ClNO2/c1-2-14(21)11-22-9-8-12-4-3-5-15-18(12)16(22)10-13-6-7-17(23)20(24)19(13)15/h3-7,14,16,23-24H,2,8-11H2,1H3. The number of hydrogen-bond acceptors (Lipinski definition) is 3. The van der Waals surface area contributed by atoms with Crippen LogP contribution in [-0.4, -0.2) is 33.6 Å². The molecule has 2 aromatic carbocycles. The van der Waals surface area contributed by atoms with Crippen LogP contribution in [0.2, 0.25) is 0 Å². The van der Waals surface area contributed by atoms with Crippen LogP contribution in [0.3, 0.4) is 0 Å². The summed E-state index contributed by atoms with van der Waals surface area (Å²) < 4.78 is 0. The van der Waals surface area contributed by atoms with E-state index in [1.54, 1.807) is 6.07 Å². The quantitative estimate of drug-likeness (QED) is 0.647. The van der Waals surface area contributed by atoms with Crippen molar-refractivity contribution in [2.24, 2.45) is 0 Å². The minimum Gasteiger partial charge on any atom is -0.504 e. The molecule has 0 aromatic heterocycles. The van der Waals surface area contributed by atoms with Gasteiger partial charge in [-0.2, -0.15) is 0 Å². The Kier molecular flexibility index (Phi) is 3.93. The molecule has 2 N–H and O–H groups in total. The molecule has 0 fully saturated rings. The second-order valence-corrected chi connectivity index (χ2v) is 7.43. The van der Waals surface area contributed by atoms with Gasteiger partial charge in [-0.05, 0) is 47.6 Å².